The number of rotatable bonds is 7. The summed E-state index contributed by atoms with van der Waals surface area (Å²) in [5.41, 5.74) is 0.697. The van der Waals surface area contributed by atoms with Gasteiger partial charge in [0.05, 0.1) is 6.42 Å². The largest absolute Gasteiger partial charge is 0.480 e. The zero-order chi connectivity index (χ0) is 15.9. The van der Waals surface area contributed by atoms with Crippen molar-refractivity contribution >= 4 is 28.3 Å². The molecule has 3 N–H and O–H groups in total. The molecule has 0 spiro atoms. The van der Waals surface area contributed by atoms with E-state index in [1.165, 1.54) is 0 Å². The number of fused-ring (bicyclic) bond motifs is 1. The maximum absolute atomic E-state index is 12.1. The molecule has 1 amide bonds. The van der Waals surface area contributed by atoms with Gasteiger partial charge in [-0.05, 0) is 24.4 Å². The zero-order valence-corrected chi connectivity index (χ0v) is 12.5. The molecule has 5 heteroatoms. The second kappa shape index (κ2) is 7.56. The molecule has 0 aliphatic heterocycles. The number of hydrogen-bond acceptors (Lipinski definition) is 3. The molecular formula is C17H20N2O3. The summed E-state index contributed by atoms with van der Waals surface area (Å²) in [5.74, 6) is -1.33. The van der Waals surface area contributed by atoms with Crippen molar-refractivity contribution in [3.05, 3.63) is 42.5 Å². The van der Waals surface area contributed by atoms with Crippen LogP contribution in [0.25, 0.3) is 10.8 Å². The van der Waals surface area contributed by atoms with Crippen LogP contribution in [0.4, 0.5) is 5.69 Å². The van der Waals surface area contributed by atoms with Crippen LogP contribution in [0.5, 0.6) is 0 Å². The predicted molar refractivity (Wildman–Crippen MR) is 86.9 cm³/mol. The monoisotopic (exact) mass is 300 g/mol. The molecule has 116 valence electrons. The quantitative estimate of drug-likeness (QED) is 0.734. The molecule has 0 aliphatic rings. The lowest BCUT2D eigenvalue weighted by Gasteiger charge is -2.14. The van der Waals surface area contributed by atoms with Crippen molar-refractivity contribution in [3.8, 4) is 0 Å². The third-order valence-electron chi connectivity index (χ3n) is 3.39. The summed E-state index contributed by atoms with van der Waals surface area (Å²) in [6.45, 7) is 2.51. The summed E-state index contributed by atoms with van der Waals surface area (Å²) >= 11 is 0. The highest BCUT2D eigenvalue weighted by Crippen LogP contribution is 2.23. The highest BCUT2D eigenvalue weighted by Gasteiger charge is 2.20. The molecule has 0 fully saturated rings. The Morgan fingerprint density at radius 3 is 2.59 bits per heavy atom. The number of hydrogen-bond donors (Lipinski definition) is 3. The van der Waals surface area contributed by atoms with E-state index in [0.717, 1.165) is 17.2 Å². The third kappa shape index (κ3) is 4.05. The van der Waals surface area contributed by atoms with Crippen LogP contribution in [0.1, 0.15) is 19.8 Å². The van der Waals surface area contributed by atoms with Crippen LogP contribution in [-0.2, 0) is 9.59 Å². The van der Waals surface area contributed by atoms with Crippen LogP contribution in [0.3, 0.4) is 0 Å². The summed E-state index contributed by atoms with van der Waals surface area (Å²) in [6.07, 6.45) is 0.716. The lowest BCUT2D eigenvalue weighted by atomic mass is 10.1. The normalized spacial score (nSPS) is 12.0. The van der Waals surface area contributed by atoms with Gasteiger partial charge in [0.15, 0.2) is 0 Å². The van der Waals surface area contributed by atoms with Gasteiger partial charge in [0.25, 0.3) is 0 Å². The summed E-state index contributed by atoms with van der Waals surface area (Å²) < 4.78 is 0. The topological polar surface area (TPSA) is 78.4 Å². The van der Waals surface area contributed by atoms with Crippen molar-refractivity contribution in [1.82, 2.24) is 5.32 Å². The highest BCUT2D eigenvalue weighted by molar-refractivity contribution is 6.03. The van der Waals surface area contributed by atoms with Gasteiger partial charge < -0.3 is 15.7 Å². The molecule has 1 atom stereocenters. The minimum absolute atomic E-state index is 0.0987. The van der Waals surface area contributed by atoms with E-state index in [-0.39, 0.29) is 12.3 Å². The SMILES string of the molecule is CCCNC(CC(=O)Nc1cccc2ccccc12)C(=O)O. The number of carboxylic acid groups (broad SMARTS) is 1. The van der Waals surface area contributed by atoms with Gasteiger partial charge in [-0.25, -0.2) is 0 Å². The third-order valence-corrected chi connectivity index (χ3v) is 3.39. The van der Waals surface area contributed by atoms with E-state index in [0.29, 0.717) is 12.2 Å². The Morgan fingerprint density at radius 2 is 1.86 bits per heavy atom. The Hall–Kier alpha value is -2.40. The average molecular weight is 300 g/mol. The molecule has 5 nitrogen and oxygen atoms in total. The fourth-order valence-electron chi connectivity index (χ4n) is 2.29. The summed E-state index contributed by atoms with van der Waals surface area (Å²) in [5, 5.41) is 16.8. The number of carbonyl (C=O) groups excluding carboxylic acids is 1. The fraction of sp³-hybridized carbons (Fsp3) is 0.294. The minimum Gasteiger partial charge on any atom is -0.480 e. The van der Waals surface area contributed by atoms with Gasteiger partial charge in [-0.2, -0.15) is 0 Å². The van der Waals surface area contributed by atoms with E-state index in [1.807, 2.05) is 49.4 Å². The first-order chi connectivity index (χ1) is 10.6. The zero-order valence-electron chi connectivity index (χ0n) is 12.5. The van der Waals surface area contributed by atoms with Gasteiger partial charge in [0.2, 0.25) is 5.91 Å². The molecule has 0 aliphatic carbocycles. The molecule has 0 bridgehead atoms. The number of nitrogens with one attached hydrogen (secondary N) is 2. The number of aliphatic carboxylic acids is 1. The van der Waals surface area contributed by atoms with E-state index >= 15 is 0 Å². The molecule has 2 aromatic rings. The Labute approximate surface area is 129 Å². The Kier molecular flexibility index (Phi) is 5.49. The first-order valence-corrected chi connectivity index (χ1v) is 7.35. The molecule has 0 saturated heterocycles. The van der Waals surface area contributed by atoms with Crippen LogP contribution in [0.15, 0.2) is 42.5 Å². The first-order valence-electron chi connectivity index (χ1n) is 7.35. The summed E-state index contributed by atoms with van der Waals surface area (Å²) in [6, 6.07) is 12.5. The van der Waals surface area contributed by atoms with Crippen molar-refractivity contribution in [2.45, 2.75) is 25.8 Å². The molecule has 2 aromatic carbocycles. The average Bonchev–Trinajstić information content (AvgIpc) is 2.51. The minimum atomic E-state index is -1.01. The predicted octanol–water partition coefficient (Wildman–Crippen LogP) is 2.62. The molecule has 2 rings (SSSR count). The van der Waals surface area contributed by atoms with Crippen molar-refractivity contribution in [2.75, 3.05) is 11.9 Å². The smallest absolute Gasteiger partial charge is 0.321 e. The summed E-state index contributed by atoms with van der Waals surface area (Å²) in [7, 11) is 0. The molecule has 0 saturated carbocycles. The van der Waals surface area contributed by atoms with Gasteiger partial charge in [-0.1, -0.05) is 43.3 Å². The maximum atomic E-state index is 12.1. The standard InChI is InChI=1S/C17H20N2O3/c1-2-10-18-15(17(21)22)11-16(20)19-14-9-5-7-12-6-3-4-8-13(12)14/h3-9,15,18H,2,10-11H2,1H3,(H,19,20)(H,21,22). The van der Waals surface area contributed by atoms with E-state index in [4.69, 9.17) is 5.11 Å². The molecular weight excluding hydrogens is 280 g/mol. The number of anilines is 1. The molecule has 1 unspecified atom stereocenters. The summed E-state index contributed by atoms with van der Waals surface area (Å²) in [4.78, 5) is 23.3. The lowest BCUT2D eigenvalue weighted by molar-refractivity contribution is -0.141. The van der Waals surface area contributed by atoms with Crippen LogP contribution < -0.4 is 10.6 Å². The number of benzene rings is 2. The van der Waals surface area contributed by atoms with Gasteiger partial charge in [0, 0.05) is 11.1 Å². The Bertz CT molecular complexity index is 665. The van der Waals surface area contributed by atoms with Crippen LogP contribution in [-0.4, -0.2) is 29.6 Å². The molecule has 0 aromatic heterocycles. The Morgan fingerprint density at radius 1 is 1.14 bits per heavy atom. The van der Waals surface area contributed by atoms with E-state index in [1.54, 1.807) is 0 Å². The Balaban J connectivity index is 2.08. The van der Waals surface area contributed by atoms with E-state index in [2.05, 4.69) is 10.6 Å². The second-order valence-corrected chi connectivity index (χ2v) is 5.12. The van der Waals surface area contributed by atoms with Crippen molar-refractivity contribution in [1.29, 1.82) is 0 Å². The molecule has 0 heterocycles. The highest BCUT2D eigenvalue weighted by atomic mass is 16.4. The lowest BCUT2D eigenvalue weighted by Crippen LogP contribution is -2.40. The maximum Gasteiger partial charge on any atom is 0.321 e. The van der Waals surface area contributed by atoms with Gasteiger partial charge in [-0.15, -0.1) is 0 Å². The van der Waals surface area contributed by atoms with Crippen molar-refractivity contribution in [3.63, 3.8) is 0 Å². The van der Waals surface area contributed by atoms with Crippen LogP contribution in [0.2, 0.25) is 0 Å². The first kappa shape index (κ1) is 16.0. The van der Waals surface area contributed by atoms with Crippen LogP contribution in [0, 0.1) is 0 Å². The molecule has 22 heavy (non-hydrogen) atoms. The number of carbonyl (C=O) groups is 2. The van der Waals surface area contributed by atoms with Crippen molar-refractivity contribution in [2.24, 2.45) is 0 Å². The molecule has 0 radical (unpaired) electrons. The second-order valence-electron chi connectivity index (χ2n) is 5.12. The van der Waals surface area contributed by atoms with Gasteiger partial charge >= 0.3 is 5.97 Å². The van der Waals surface area contributed by atoms with Crippen LogP contribution >= 0.6 is 0 Å². The van der Waals surface area contributed by atoms with Gasteiger partial charge in [-0.3, -0.25) is 9.59 Å². The number of amides is 1. The van der Waals surface area contributed by atoms with Gasteiger partial charge in [0.1, 0.15) is 6.04 Å². The fourth-order valence-corrected chi connectivity index (χ4v) is 2.29. The van der Waals surface area contributed by atoms with E-state index < -0.39 is 12.0 Å². The van der Waals surface area contributed by atoms with Crippen molar-refractivity contribution < 1.29 is 14.7 Å². The number of carboxylic acids is 1. The van der Waals surface area contributed by atoms with E-state index in [9.17, 15) is 9.59 Å².